The van der Waals surface area contributed by atoms with Gasteiger partial charge in [-0.25, -0.2) is 0 Å². The first kappa shape index (κ1) is 22.8. The molecule has 1 aliphatic rings. The lowest BCUT2D eigenvalue weighted by atomic mass is 9.96. The monoisotopic (exact) mass is 466 g/mol. The van der Waals surface area contributed by atoms with Gasteiger partial charge in [-0.05, 0) is 92.3 Å². The van der Waals surface area contributed by atoms with E-state index in [-0.39, 0.29) is 24.1 Å². The van der Waals surface area contributed by atoms with Gasteiger partial charge in [0.1, 0.15) is 0 Å². The van der Waals surface area contributed by atoms with Crippen LogP contribution in [0.5, 0.6) is 0 Å². The number of carbonyl (C=O) groups excluding carboxylic acids is 1. The highest BCUT2D eigenvalue weighted by atomic mass is 16.1. The topological polar surface area (TPSA) is 79.2 Å². The predicted octanol–water partition coefficient (Wildman–Crippen LogP) is 5.37. The second kappa shape index (κ2) is 8.69. The molecule has 5 rings (SSSR count). The number of nitrogens with zero attached hydrogens (tertiary/aromatic N) is 2. The van der Waals surface area contributed by atoms with E-state index in [1.807, 2.05) is 39.1 Å². The van der Waals surface area contributed by atoms with Gasteiger partial charge in [-0.2, -0.15) is 0 Å². The third-order valence-electron chi connectivity index (χ3n) is 6.81. The summed E-state index contributed by atoms with van der Waals surface area (Å²) < 4.78 is 2.22. The molecule has 1 amide bonds. The molecule has 2 aromatic heterocycles. The summed E-state index contributed by atoms with van der Waals surface area (Å²) in [7, 11) is 0. The van der Waals surface area contributed by atoms with Crippen LogP contribution in [0.2, 0.25) is 0 Å². The Kier molecular flexibility index (Phi) is 5.67. The van der Waals surface area contributed by atoms with E-state index in [4.69, 9.17) is 0 Å². The van der Waals surface area contributed by atoms with Crippen molar-refractivity contribution >= 4 is 23.0 Å². The molecule has 2 aromatic carbocycles. The van der Waals surface area contributed by atoms with Gasteiger partial charge in [0, 0.05) is 52.7 Å². The highest BCUT2D eigenvalue weighted by Gasteiger charge is 2.20. The number of aromatic nitrogens is 2. The summed E-state index contributed by atoms with van der Waals surface area (Å²) in [6.45, 7) is 10.9. The minimum Gasteiger partial charge on any atom is -0.348 e. The number of nitrogens with one attached hydrogen (secondary N) is 2. The minimum atomic E-state index is -0.190. The summed E-state index contributed by atoms with van der Waals surface area (Å²) in [5, 5.41) is 3.95. The smallest absolute Gasteiger partial charge is 0.253 e. The van der Waals surface area contributed by atoms with Crippen LogP contribution in [0, 0.1) is 20.8 Å². The molecule has 0 bridgehead atoms. The van der Waals surface area contributed by atoms with Crippen LogP contribution in [0.15, 0.2) is 52.4 Å². The minimum absolute atomic E-state index is 0.163. The fraction of sp³-hybridized carbons (Fsp3) is 0.276. The SMILES string of the molecule is Cc1cc(C)c(CNC(=O)c2cc(-c3ccc4c(c3)CN=C4)cc3c2c(C)cn3C(C)C)c(=O)[nH]1. The van der Waals surface area contributed by atoms with E-state index in [2.05, 4.69) is 64.2 Å². The number of hydrogen-bond donors (Lipinski definition) is 2. The van der Waals surface area contributed by atoms with E-state index in [1.165, 1.54) is 5.56 Å². The Labute approximate surface area is 204 Å². The van der Waals surface area contributed by atoms with Crippen molar-refractivity contribution in [2.24, 2.45) is 4.99 Å². The molecule has 2 N–H and O–H groups in total. The van der Waals surface area contributed by atoms with Gasteiger partial charge in [-0.3, -0.25) is 14.6 Å². The maximum Gasteiger partial charge on any atom is 0.253 e. The molecule has 6 nitrogen and oxygen atoms in total. The van der Waals surface area contributed by atoms with Crippen LogP contribution in [-0.2, 0) is 13.1 Å². The number of hydrogen-bond acceptors (Lipinski definition) is 3. The van der Waals surface area contributed by atoms with Gasteiger partial charge in [0.05, 0.1) is 6.54 Å². The highest BCUT2D eigenvalue weighted by molar-refractivity contribution is 6.09. The number of aliphatic imine (C=N–C) groups is 1. The molecular weight excluding hydrogens is 436 g/mol. The average molecular weight is 467 g/mol. The number of H-pyrrole nitrogens is 1. The molecule has 0 saturated carbocycles. The molecule has 3 heterocycles. The third-order valence-corrected chi connectivity index (χ3v) is 6.81. The van der Waals surface area contributed by atoms with E-state index in [9.17, 15) is 9.59 Å². The molecule has 1 aliphatic heterocycles. The third kappa shape index (κ3) is 4.09. The molecule has 0 aliphatic carbocycles. The number of aryl methyl sites for hydroxylation is 3. The molecule has 0 fully saturated rings. The maximum absolute atomic E-state index is 13.6. The first-order valence-corrected chi connectivity index (χ1v) is 12.0. The molecule has 4 aromatic rings. The summed E-state index contributed by atoms with van der Waals surface area (Å²) in [5.74, 6) is -0.190. The zero-order valence-corrected chi connectivity index (χ0v) is 20.8. The first-order valence-electron chi connectivity index (χ1n) is 12.0. The molecule has 0 spiro atoms. The Morgan fingerprint density at radius 2 is 1.89 bits per heavy atom. The summed E-state index contributed by atoms with van der Waals surface area (Å²) in [5.41, 5.74) is 9.18. The fourth-order valence-electron chi connectivity index (χ4n) is 5.02. The Balaban J connectivity index is 1.60. The Morgan fingerprint density at radius 1 is 1.09 bits per heavy atom. The van der Waals surface area contributed by atoms with Crippen LogP contribution < -0.4 is 10.9 Å². The van der Waals surface area contributed by atoms with E-state index >= 15 is 0 Å². The number of aromatic amines is 1. The van der Waals surface area contributed by atoms with Crippen molar-refractivity contribution < 1.29 is 4.79 Å². The molecule has 0 radical (unpaired) electrons. The Hall–Kier alpha value is -3.93. The number of amides is 1. The number of fused-ring (bicyclic) bond motifs is 2. The quantitative estimate of drug-likeness (QED) is 0.415. The van der Waals surface area contributed by atoms with Crippen molar-refractivity contribution in [3.63, 3.8) is 0 Å². The molecule has 6 heteroatoms. The second-order valence-electron chi connectivity index (χ2n) is 9.74. The van der Waals surface area contributed by atoms with Crippen LogP contribution in [0.1, 0.15) is 63.8 Å². The van der Waals surface area contributed by atoms with Crippen molar-refractivity contribution in [3.8, 4) is 11.1 Å². The van der Waals surface area contributed by atoms with E-state index < -0.39 is 0 Å². The van der Waals surface area contributed by atoms with Crippen molar-refractivity contribution in [1.82, 2.24) is 14.9 Å². The fourth-order valence-corrected chi connectivity index (χ4v) is 5.02. The van der Waals surface area contributed by atoms with Crippen LogP contribution in [0.3, 0.4) is 0 Å². The maximum atomic E-state index is 13.6. The summed E-state index contributed by atoms with van der Waals surface area (Å²) >= 11 is 0. The lowest BCUT2D eigenvalue weighted by molar-refractivity contribution is 0.0952. The van der Waals surface area contributed by atoms with Crippen molar-refractivity contribution in [3.05, 3.63) is 92.0 Å². The predicted molar refractivity (Wildman–Crippen MR) is 142 cm³/mol. The molecule has 0 saturated heterocycles. The second-order valence-corrected chi connectivity index (χ2v) is 9.74. The van der Waals surface area contributed by atoms with E-state index in [0.29, 0.717) is 17.7 Å². The van der Waals surface area contributed by atoms with E-state index in [0.717, 1.165) is 44.4 Å². The first-order chi connectivity index (χ1) is 16.7. The normalized spacial score (nSPS) is 12.5. The van der Waals surface area contributed by atoms with Crippen LogP contribution in [0.25, 0.3) is 22.0 Å². The van der Waals surface area contributed by atoms with Crippen LogP contribution in [-0.4, -0.2) is 21.7 Å². The lowest BCUT2D eigenvalue weighted by Crippen LogP contribution is -2.28. The van der Waals surface area contributed by atoms with Crippen molar-refractivity contribution in [2.45, 2.75) is 53.8 Å². The van der Waals surface area contributed by atoms with Gasteiger partial charge >= 0.3 is 0 Å². The number of carbonyl (C=O) groups is 1. The van der Waals surface area contributed by atoms with Gasteiger partial charge in [0.2, 0.25) is 0 Å². The Morgan fingerprint density at radius 3 is 2.63 bits per heavy atom. The molecular formula is C29H30N4O2. The van der Waals surface area contributed by atoms with E-state index in [1.54, 1.807) is 0 Å². The zero-order valence-electron chi connectivity index (χ0n) is 20.8. The Bertz CT molecular complexity index is 1570. The molecule has 0 unspecified atom stereocenters. The van der Waals surface area contributed by atoms with Crippen molar-refractivity contribution in [2.75, 3.05) is 0 Å². The largest absolute Gasteiger partial charge is 0.348 e. The summed E-state index contributed by atoms with van der Waals surface area (Å²) in [6.07, 6.45) is 4.02. The lowest BCUT2D eigenvalue weighted by Gasteiger charge is -2.14. The van der Waals surface area contributed by atoms with Gasteiger partial charge < -0.3 is 14.9 Å². The van der Waals surface area contributed by atoms with Gasteiger partial charge in [0.15, 0.2) is 0 Å². The summed E-state index contributed by atoms with van der Waals surface area (Å²) in [6, 6.07) is 12.7. The van der Waals surface area contributed by atoms with Gasteiger partial charge in [-0.15, -0.1) is 0 Å². The summed E-state index contributed by atoms with van der Waals surface area (Å²) in [4.78, 5) is 33.2. The molecule has 0 atom stereocenters. The standard InChI is InChI=1S/C29H30N4O2/c1-16(2)33-15-18(4)27-24(28(34)31-14-25-17(3)8-19(5)32-29(25)35)10-22(11-26(27)33)20-6-7-21-12-30-13-23(21)9-20/h6-12,15-16H,13-14H2,1-5H3,(H,31,34)(H,32,35). The number of pyridine rings is 1. The number of benzene rings is 2. The van der Waals surface area contributed by atoms with Crippen LogP contribution >= 0.6 is 0 Å². The molecule has 178 valence electrons. The average Bonchev–Trinajstić information content (AvgIpc) is 3.41. The van der Waals surface area contributed by atoms with Crippen molar-refractivity contribution in [1.29, 1.82) is 0 Å². The molecule has 35 heavy (non-hydrogen) atoms. The number of rotatable bonds is 5. The van der Waals surface area contributed by atoms with Crippen LogP contribution in [0.4, 0.5) is 0 Å². The highest BCUT2D eigenvalue weighted by Crippen LogP contribution is 2.34. The van der Waals surface area contributed by atoms with Gasteiger partial charge in [-0.1, -0.05) is 12.1 Å². The van der Waals surface area contributed by atoms with Gasteiger partial charge in [0.25, 0.3) is 11.5 Å². The zero-order chi connectivity index (χ0) is 24.9.